The Bertz CT molecular complexity index is 1130. The fraction of sp³-hybridized carbons (Fsp3) is 0.318. The molecule has 0 unspecified atom stereocenters. The molecule has 0 aromatic heterocycles. The van der Waals surface area contributed by atoms with Gasteiger partial charge in [-0.1, -0.05) is 36.4 Å². The number of amides is 3. The van der Waals surface area contributed by atoms with Gasteiger partial charge in [0.15, 0.2) is 0 Å². The van der Waals surface area contributed by atoms with E-state index in [1.807, 2.05) is 31.2 Å². The third-order valence-electron chi connectivity index (χ3n) is 5.46. The van der Waals surface area contributed by atoms with Crippen LogP contribution < -0.4 is 5.32 Å². The average molecular weight is 444 g/mol. The van der Waals surface area contributed by atoms with Gasteiger partial charge in [-0.05, 0) is 37.1 Å². The Morgan fingerprint density at radius 1 is 1.10 bits per heavy atom. The molecule has 1 aliphatic heterocycles. The van der Waals surface area contributed by atoms with Crippen LogP contribution in [0, 0.1) is 6.92 Å². The van der Waals surface area contributed by atoms with Crippen molar-refractivity contribution in [3.05, 3.63) is 65.2 Å². The van der Waals surface area contributed by atoms with Crippen LogP contribution in [0.25, 0.3) is 0 Å². The number of benzene rings is 2. The van der Waals surface area contributed by atoms with Gasteiger partial charge >= 0.3 is 0 Å². The molecule has 8 nitrogen and oxygen atoms in total. The minimum Gasteiger partial charge on any atom is -0.357 e. The van der Waals surface area contributed by atoms with E-state index in [-0.39, 0.29) is 35.9 Å². The van der Waals surface area contributed by atoms with E-state index in [0.29, 0.717) is 0 Å². The topological polar surface area (TPSA) is 104 Å². The highest BCUT2D eigenvalue weighted by atomic mass is 32.2. The summed E-state index contributed by atoms with van der Waals surface area (Å²) in [4.78, 5) is 39.2. The molecule has 1 aliphatic rings. The number of rotatable bonds is 7. The Labute approximate surface area is 181 Å². The summed E-state index contributed by atoms with van der Waals surface area (Å²) in [6.07, 6.45) is -0.230. The maximum Gasteiger partial charge on any atom is 0.269 e. The molecule has 0 bridgehead atoms. The molecule has 2 aromatic carbocycles. The molecular weight excluding hydrogens is 418 g/mol. The fourth-order valence-corrected chi connectivity index (χ4v) is 5.13. The van der Waals surface area contributed by atoms with Crippen molar-refractivity contribution in [1.82, 2.24) is 14.5 Å². The van der Waals surface area contributed by atoms with Crippen molar-refractivity contribution < 1.29 is 22.8 Å². The number of carbonyl (C=O) groups is 3. The Morgan fingerprint density at radius 3 is 2.39 bits per heavy atom. The number of carbonyl (C=O) groups excluding carboxylic acids is 3. The zero-order valence-electron chi connectivity index (χ0n) is 17.7. The lowest BCUT2D eigenvalue weighted by Gasteiger charge is -2.29. The van der Waals surface area contributed by atoms with Crippen molar-refractivity contribution in [1.29, 1.82) is 0 Å². The third-order valence-corrected chi connectivity index (χ3v) is 7.30. The molecule has 2 aromatic rings. The van der Waals surface area contributed by atoms with Crippen LogP contribution in [0.5, 0.6) is 0 Å². The van der Waals surface area contributed by atoms with Gasteiger partial charge in [0.05, 0.1) is 5.56 Å². The van der Waals surface area contributed by atoms with Crippen molar-refractivity contribution in [3.8, 4) is 0 Å². The van der Waals surface area contributed by atoms with Crippen LogP contribution in [-0.2, 0) is 26.2 Å². The second-order valence-electron chi connectivity index (χ2n) is 7.37. The van der Waals surface area contributed by atoms with Gasteiger partial charge in [-0.3, -0.25) is 14.4 Å². The van der Waals surface area contributed by atoms with Crippen LogP contribution in [-0.4, -0.2) is 55.0 Å². The molecule has 0 spiro atoms. The Hall–Kier alpha value is -3.20. The van der Waals surface area contributed by atoms with E-state index < -0.39 is 27.9 Å². The summed E-state index contributed by atoms with van der Waals surface area (Å²) in [7, 11) is -2.50. The minimum absolute atomic E-state index is 0.0528. The summed E-state index contributed by atoms with van der Waals surface area (Å²) in [6, 6.07) is 12.7. The first-order valence-electron chi connectivity index (χ1n) is 9.90. The number of hydrogen-bond acceptors (Lipinski definition) is 5. The van der Waals surface area contributed by atoms with Crippen LogP contribution in [0.3, 0.4) is 0 Å². The zero-order chi connectivity index (χ0) is 22.8. The highest BCUT2D eigenvalue weighted by Gasteiger charge is 2.41. The molecule has 31 heavy (non-hydrogen) atoms. The maximum atomic E-state index is 13.1. The molecule has 0 saturated carbocycles. The summed E-state index contributed by atoms with van der Waals surface area (Å²) in [5, 5.41) is 2.54. The van der Waals surface area contributed by atoms with Crippen molar-refractivity contribution >= 4 is 27.7 Å². The van der Waals surface area contributed by atoms with Gasteiger partial charge in [-0.25, -0.2) is 12.7 Å². The maximum absolute atomic E-state index is 13.1. The molecule has 3 rings (SSSR count). The third kappa shape index (κ3) is 4.32. The second kappa shape index (κ2) is 8.89. The van der Waals surface area contributed by atoms with E-state index >= 15 is 0 Å². The van der Waals surface area contributed by atoms with E-state index in [1.165, 1.54) is 24.1 Å². The lowest BCUT2D eigenvalue weighted by atomic mass is 10.1. The lowest BCUT2D eigenvalue weighted by molar-refractivity contribution is -0.140. The molecule has 1 N–H and O–H groups in total. The Kier molecular flexibility index (Phi) is 6.45. The molecular formula is C22H25N3O5S. The molecule has 9 heteroatoms. The minimum atomic E-state index is -3.99. The van der Waals surface area contributed by atoms with Gasteiger partial charge in [0.25, 0.3) is 15.9 Å². The summed E-state index contributed by atoms with van der Waals surface area (Å²) in [5.74, 6) is -1.40. The number of nitrogens with one attached hydrogen (secondary N) is 1. The van der Waals surface area contributed by atoms with E-state index in [9.17, 15) is 22.8 Å². The van der Waals surface area contributed by atoms with E-state index in [0.717, 1.165) is 15.4 Å². The van der Waals surface area contributed by atoms with Gasteiger partial charge in [0, 0.05) is 26.6 Å². The fourth-order valence-electron chi connectivity index (χ4n) is 3.56. The quantitative estimate of drug-likeness (QED) is 0.701. The van der Waals surface area contributed by atoms with Crippen LogP contribution in [0.2, 0.25) is 0 Å². The first-order valence-corrected chi connectivity index (χ1v) is 11.3. The highest BCUT2D eigenvalue weighted by Crippen LogP contribution is 2.30. The summed E-state index contributed by atoms with van der Waals surface area (Å²) < 4.78 is 26.2. The van der Waals surface area contributed by atoms with Gasteiger partial charge in [-0.15, -0.1) is 0 Å². The molecule has 1 atom stereocenters. The molecule has 3 amide bonds. The number of hydrogen-bond donors (Lipinski definition) is 1. The van der Waals surface area contributed by atoms with Gasteiger partial charge in [0.1, 0.15) is 10.9 Å². The highest BCUT2D eigenvalue weighted by molar-refractivity contribution is 7.90. The normalized spacial score (nSPS) is 15.3. The predicted molar refractivity (Wildman–Crippen MR) is 115 cm³/mol. The number of nitrogens with zero attached hydrogens (tertiary/aromatic N) is 2. The first-order chi connectivity index (χ1) is 14.7. The standard InChI is InChI=1S/C22H25N3O5S/c1-15-8-4-5-9-17(15)14-24(16(2)21(27)23-3)20(26)12-13-25-22(28)18-10-6-7-11-19(18)31(25,29)30/h4-11,16H,12-14H2,1-3H3,(H,23,27)/t16-/m1/s1. The molecule has 0 fully saturated rings. The smallest absolute Gasteiger partial charge is 0.269 e. The number of fused-ring (bicyclic) bond motifs is 1. The van der Waals surface area contributed by atoms with Crippen LogP contribution in [0.15, 0.2) is 53.4 Å². The number of sulfonamides is 1. The molecule has 164 valence electrons. The van der Waals surface area contributed by atoms with E-state index in [1.54, 1.807) is 19.1 Å². The van der Waals surface area contributed by atoms with Crippen LogP contribution >= 0.6 is 0 Å². The monoisotopic (exact) mass is 443 g/mol. The van der Waals surface area contributed by atoms with E-state index in [2.05, 4.69) is 5.32 Å². The number of likely N-dealkylation sites (N-methyl/N-ethyl adjacent to an activating group) is 1. The van der Waals surface area contributed by atoms with Gasteiger partial charge in [0.2, 0.25) is 11.8 Å². The largest absolute Gasteiger partial charge is 0.357 e. The first kappa shape index (κ1) is 22.5. The zero-order valence-corrected chi connectivity index (χ0v) is 18.5. The van der Waals surface area contributed by atoms with Gasteiger partial charge in [-0.2, -0.15) is 0 Å². The predicted octanol–water partition coefficient (Wildman–Crippen LogP) is 1.69. The lowest BCUT2D eigenvalue weighted by Crippen LogP contribution is -2.47. The Balaban J connectivity index is 1.80. The molecule has 0 saturated heterocycles. The summed E-state index contributed by atoms with van der Waals surface area (Å²) in [6.45, 7) is 3.43. The van der Waals surface area contributed by atoms with Crippen molar-refractivity contribution in [3.63, 3.8) is 0 Å². The average Bonchev–Trinajstić information content (AvgIpc) is 2.96. The summed E-state index contributed by atoms with van der Waals surface area (Å²) >= 11 is 0. The molecule has 0 radical (unpaired) electrons. The second-order valence-corrected chi connectivity index (χ2v) is 9.20. The molecule has 0 aliphatic carbocycles. The molecule has 1 heterocycles. The van der Waals surface area contributed by atoms with E-state index in [4.69, 9.17) is 0 Å². The van der Waals surface area contributed by atoms with Crippen molar-refractivity contribution in [2.24, 2.45) is 0 Å². The SMILES string of the molecule is CNC(=O)[C@@H](C)N(Cc1ccccc1C)C(=O)CCN1C(=O)c2ccccc2S1(=O)=O. The number of aryl methyl sites for hydroxylation is 1. The van der Waals surface area contributed by atoms with Crippen molar-refractivity contribution in [2.45, 2.75) is 37.8 Å². The van der Waals surface area contributed by atoms with Crippen LogP contribution in [0.4, 0.5) is 0 Å². The van der Waals surface area contributed by atoms with Crippen molar-refractivity contribution in [2.75, 3.05) is 13.6 Å². The van der Waals surface area contributed by atoms with Gasteiger partial charge < -0.3 is 10.2 Å². The Morgan fingerprint density at radius 2 is 1.74 bits per heavy atom. The summed E-state index contributed by atoms with van der Waals surface area (Å²) in [5.41, 5.74) is 1.95. The van der Waals surface area contributed by atoms with Crippen LogP contribution in [0.1, 0.15) is 34.8 Å².